The highest BCUT2D eigenvalue weighted by Crippen LogP contribution is 2.30. The van der Waals surface area contributed by atoms with E-state index in [1.165, 1.54) is 5.56 Å². The van der Waals surface area contributed by atoms with E-state index in [9.17, 15) is 4.79 Å². The smallest absolute Gasteiger partial charge is 0.308 e. The van der Waals surface area contributed by atoms with E-state index in [-0.39, 0.29) is 11.4 Å². The second-order valence-electron chi connectivity index (χ2n) is 9.03. The number of hydrogen-bond acceptors (Lipinski definition) is 5. The Morgan fingerprint density at radius 3 is 2.38 bits per heavy atom. The van der Waals surface area contributed by atoms with Crippen molar-refractivity contribution in [3.63, 3.8) is 0 Å². The van der Waals surface area contributed by atoms with Crippen LogP contribution >= 0.6 is 0 Å². The summed E-state index contributed by atoms with van der Waals surface area (Å²) in [5.74, 6) is 0.304. The molecule has 0 bridgehead atoms. The first kappa shape index (κ1) is 25.4. The van der Waals surface area contributed by atoms with E-state index >= 15 is 0 Å². The molecule has 0 amide bonds. The van der Waals surface area contributed by atoms with Crippen LogP contribution in [0.5, 0.6) is 0 Å². The molecule has 0 saturated carbocycles. The minimum atomic E-state index is -0.751. The minimum absolute atomic E-state index is 0.0565. The van der Waals surface area contributed by atoms with Gasteiger partial charge in [-0.05, 0) is 36.0 Å². The summed E-state index contributed by atoms with van der Waals surface area (Å²) < 4.78 is 13.5. The first-order chi connectivity index (χ1) is 15.1. The lowest BCUT2D eigenvalue weighted by Crippen LogP contribution is -2.19. The summed E-state index contributed by atoms with van der Waals surface area (Å²) in [6, 6.07) is 10.3. The molecule has 0 saturated heterocycles. The zero-order valence-corrected chi connectivity index (χ0v) is 20.7. The molecule has 2 aromatic rings. The Balaban J connectivity index is 2.52. The highest BCUT2D eigenvalue weighted by molar-refractivity contribution is 6.18. The number of unbranched alkanes of at least 4 members (excludes halogenated alkanes) is 1. The SMILES string of the molecule is CCCCC(=O)OC(C)O/C(=C(/C=NC)c1ccc(C(C)(C)C)cc1)c1cc(C)nn1C. The minimum Gasteiger partial charge on any atom is -0.452 e. The molecule has 1 unspecified atom stereocenters. The zero-order chi connectivity index (χ0) is 23.9. The average molecular weight is 440 g/mol. The van der Waals surface area contributed by atoms with Crippen LogP contribution in [0.1, 0.15) is 76.4 Å². The number of benzene rings is 1. The maximum Gasteiger partial charge on any atom is 0.308 e. The third kappa shape index (κ3) is 6.81. The topological polar surface area (TPSA) is 65.7 Å². The molecule has 1 aromatic heterocycles. The van der Waals surface area contributed by atoms with Gasteiger partial charge >= 0.3 is 5.97 Å². The van der Waals surface area contributed by atoms with Crippen LogP contribution in [-0.4, -0.2) is 35.3 Å². The zero-order valence-electron chi connectivity index (χ0n) is 20.7. The maximum absolute atomic E-state index is 12.1. The average Bonchev–Trinajstić information content (AvgIpc) is 3.06. The highest BCUT2D eigenvalue weighted by atomic mass is 16.7. The molecule has 0 aliphatic rings. The van der Waals surface area contributed by atoms with Gasteiger partial charge in [-0.3, -0.25) is 14.5 Å². The first-order valence-corrected chi connectivity index (χ1v) is 11.2. The number of nitrogens with zero attached hydrogens (tertiary/aromatic N) is 3. The van der Waals surface area contributed by atoms with Crippen LogP contribution < -0.4 is 0 Å². The van der Waals surface area contributed by atoms with Gasteiger partial charge in [-0.25, -0.2) is 0 Å². The van der Waals surface area contributed by atoms with Crippen molar-refractivity contribution >= 4 is 23.5 Å². The molecule has 0 spiro atoms. The van der Waals surface area contributed by atoms with Gasteiger partial charge in [0.1, 0.15) is 5.69 Å². The summed E-state index contributed by atoms with van der Waals surface area (Å²) in [6.07, 6.45) is 3.13. The third-order valence-corrected chi connectivity index (χ3v) is 5.12. The molecule has 0 radical (unpaired) electrons. The Morgan fingerprint density at radius 1 is 1.22 bits per heavy atom. The molecule has 0 aliphatic carbocycles. The van der Waals surface area contributed by atoms with Crippen molar-refractivity contribution in [3.8, 4) is 0 Å². The number of rotatable bonds is 9. The normalized spacial score (nSPS) is 13.8. The number of aromatic nitrogens is 2. The number of carbonyl (C=O) groups is 1. The summed E-state index contributed by atoms with van der Waals surface area (Å²) in [6.45, 7) is 12.3. The fraction of sp³-hybridized carbons (Fsp3) is 0.500. The Bertz CT molecular complexity index is 963. The molecule has 174 valence electrons. The van der Waals surface area contributed by atoms with Crippen molar-refractivity contribution in [2.24, 2.45) is 12.0 Å². The van der Waals surface area contributed by atoms with E-state index < -0.39 is 6.29 Å². The molecular weight excluding hydrogens is 402 g/mol. The van der Waals surface area contributed by atoms with Crippen molar-refractivity contribution in [1.82, 2.24) is 9.78 Å². The van der Waals surface area contributed by atoms with Crippen LogP contribution in [0.2, 0.25) is 0 Å². The van der Waals surface area contributed by atoms with E-state index in [1.54, 1.807) is 24.9 Å². The third-order valence-electron chi connectivity index (χ3n) is 5.12. The van der Waals surface area contributed by atoms with Gasteiger partial charge in [-0.15, -0.1) is 0 Å². The molecule has 1 atom stereocenters. The number of aliphatic imine (C=N–C) groups is 1. The van der Waals surface area contributed by atoms with E-state index in [0.29, 0.717) is 12.2 Å². The standard InChI is InChI=1S/C26H37N3O3/c1-9-10-11-24(30)31-19(3)32-25(23-16-18(2)28-29(23)8)22(17-27-7)20-12-14-21(15-13-20)26(4,5)6/h12-17,19H,9-11H2,1-8H3/b25-22-,27-17?. The van der Waals surface area contributed by atoms with Gasteiger partial charge in [0, 0.05) is 39.2 Å². The Hall–Kier alpha value is -2.89. The Kier molecular flexibility index (Phi) is 8.81. The fourth-order valence-electron chi connectivity index (χ4n) is 3.38. The van der Waals surface area contributed by atoms with Crippen LogP contribution in [0.4, 0.5) is 0 Å². The first-order valence-electron chi connectivity index (χ1n) is 11.2. The molecule has 6 heteroatoms. The van der Waals surface area contributed by atoms with Gasteiger partial charge in [-0.2, -0.15) is 5.10 Å². The quantitative estimate of drug-likeness (QED) is 0.218. The highest BCUT2D eigenvalue weighted by Gasteiger charge is 2.21. The molecule has 0 aliphatic heterocycles. The number of esters is 1. The monoisotopic (exact) mass is 439 g/mol. The Morgan fingerprint density at radius 2 is 1.88 bits per heavy atom. The molecule has 0 N–H and O–H groups in total. The molecule has 1 aromatic carbocycles. The number of aryl methyl sites for hydroxylation is 2. The predicted octanol–water partition coefficient (Wildman–Crippen LogP) is 5.69. The van der Waals surface area contributed by atoms with Crippen LogP contribution in [0.15, 0.2) is 35.3 Å². The Labute approximate surface area is 192 Å². The summed E-state index contributed by atoms with van der Waals surface area (Å²) >= 11 is 0. The molecular formula is C26H37N3O3. The number of allylic oxidation sites excluding steroid dienone is 1. The van der Waals surface area contributed by atoms with E-state index in [0.717, 1.165) is 35.4 Å². The number of hydrogen-bond donors (Lipinski definition) is 0. The van der Waals surface area contributed by atoms with Gasteiger partial charge in [0.05, 0.1) is 5.69 Å². The van der Waals surface area contributed by atoms with Crippen molar-refractivity contribution in [2.45, 2.75) is 72.5 Å². The van der Waals surface area contributed by atoms with Crippen LogP contribution in [0.25, 0.3) is 11.3 Å². The van der Waals surface area contributed by atoms with Crippen LogP contribution in [0, 0.1) is 6.92 Å². The lowest BCUT2D eigenvalue weighted by atomic mass is 9.86. The lowest BCUT2D eigenvalue weighted by Gasteiger charge is -2.21. The van der Waals surface area contributed by atoms with Gasteiger partial charge in [0.25, 0.3) is 0 Å². The van der Waals surface area contributed by atoms with E-state index in [1.807, 2.05) is 27.0 Å². The molecule has 32 heavy (non-hydrogen) atoms. The molecule has 1 heterocycles. The van der Waals surface area contributed by atoms with Crippen molar-refractivity contribution in [3.05, 3.63) is 52.8 Å². The van der Waals surface area contributed by atoms with Gasteiger partial charge < -0.3 is 9.47 Å². The summed E-state index contributed by atoms with van der Waals surface area (Å²) in [5.41, 5.74) is 4.71. The molecule has 0 fully saturated rings. The van der Waals surface area contributed by atoms with Crippen molar-refractivity contribution in [2.75, 3.05) is 7.05 Å². The summed E-state index contributed by atoms with van der Waals surface area (Å²) in [4.78, 5) is 16.4. The number of carbonyl (C=O) groups excluding carboxylic acids is 1. The largest absolute Gasteiger partial charge is 0.452 e. The fourth-order valence-corrected chi connectivity index (χ4v) is 3.38. The van der Waals surface area contributed by atoms with Crippen LogP contribution in [-0.2, 0) is 26.7 Å². The van der Waals surface area contributed by atoms with Crippen LogP contribution in [0.3, 0.4) is 0 Å². The van der Waals surface area contributed by atoms with Gasteiger partial charge in [-0.1, -0.05) is 58.4 Å². The lowest BCUT2D eigenvalue weighted by molar-refractivity contribution is -0.164. The van der Waals surface area contributed by atoms with Crippen molar-refractivity contribution < 1.29 is 14.3 Å². The van der Waals surface area contributed by atoms with E-state index in [4.69, 9.17) is 9.47 Å². The predicted molar refractivity (Wildman–Crippen MR) is 130 cm³/mol. The summed E-state index contributed by atoms with van der Waals surface area (Å²) in [5, 5.41) is 4.47. The molecule has 2 rings (SSSR count). The molecule has 6 nitrogen and oxygen atoms in total. The van der Waals surface area contributed by atoms with Gasteiger partial charge in [0.15, 0.2) is 5.76 Å². The van der Waals surface area contributed by atoms with Gasteiger partial charge in [0.2, 0.25) is 6.29 Å². The number of ether oxygens (including phenoxy) is 2. The maximum atomic E-state index is 12.1. The summed E-state index contributed by atoms with van der Waals surface area (Å²) in [7, 11) is 3.59. The second kappa shape index (κ2) is 11.1. The van der Waals surface area contributed by atoms with Crippen molar-refractivity contribution in [1.29, 1.82) is 0 Å². The van der Waals surface area contributed by atoms with E-state index in [2.05, 4.69) is 55.1 Å². The second-order valence-corrected chi connectivity index (χ2v) is 9.03.